The van der Waals surface area contributed by atoms with Crippen LogP contribution < -0.4 is 0 Å². The van der Waals surface area contributed by atoms with Gasteiger partial charge in [0.25, 0.3) is 0 Å². The standard InChI is InChI=1S/C8H6BrNO2S.C8H7NO2S/c1-12-8(11)5-2-4-3-10-7(9)6(4)13-5;1-11-8(10)6-2-5-3-9-4-7(5)12-6/h2H,3H2,1H3;2,4H,3H2,1H3. The number of ether oxygens (including phenoxy) is 2. The zero-order valence-corrected chi connectivity index (χ0v) is 16.6. The zero-order valence-electron chi connectivity index (χ0n) is 13.4. The van der Waals surface area contributed by atoms with E-state index in [-0.39, 0.29) is 11.9 Å². The van der Waals surface area contributed by atoms with Crippen molar-refractivity contribution >= 4 is 61.4 Å². The number of hydrogen-bond donors (Lipinski definition) is 0. The minimum absolute atomic E-state index is 0.261. The molecule has 2 aliphatic heterocycles. The van der Waals surface area contributed by atoms with E-state index in [1.807, 2.05) is 12.1 Å². The van der Waals surface area contributed by atoms with E-state index in [9.17, 15) is 9.59 Å². The molecule has 0 bridgehead atoms. The molecule has 130 valence electrons. The first kappa shape index (κ1) is 18.0. The second-order valence-electron chi connectivity index (χ2n) is 5.03. The fraction of sp³-hybridized carbons (Fsp3) is 0.250. The third-order valence-electron chi connectivity index (χ3n) is 3.47. The van der Waals surface area contributed by atoms with Crippen molar-refractivity contribution in [2.75, 3.05) is 14.2 Å². The Morgan fingerprint density at radius 1 is 1.04 bits per heavy atom. The Kier molecular flexibility index (Phi) is 5.45. The number of esters is 2. The molecule has 0 atom stereocenters. The molecular weight excluding hydrogens is 428 g/mol. The molecule has 9 heteroatoms. The van der Waals surface area contributed by atoms with Crippen LogP contribution in [0.3, 0.4) is 0 Å². The number of aliphatic imine (C=N–C) groups is 2. The van der Waals surface area contributed by atoms with Crippen LogP contribution >= 0.6 is 38.6 Å². The highest BCUT2D eigenvalue weighted by atomic mass is 79.9. The molecule has 0 saturated heterocycles. The Balaban J connectivity index is 0.000000146. The number of methoxy groups -OCH3 is 2. The van der Waals surface area contributed by atoms with Crippen molar-refractivity contribution in [3.8, 4) is 0 Å². The van der Waals surface area contributed by atoms with Crippen LogP contribution in [0, 0.1) is 0 Å². The molecule has 0 aliphatic carbocycles. The summed E-state index contributed by atoms with van der Waals surface area (Å²) in [6.07, 6.45) is 1.80. The van der Waals surface area contributed by atoms with E-state index < -0.39 is 0 Å². The van der Waals surface area contributed by atoms with Crippen LogP contribution in [0.1, 0.15) is 40.2 Å². The first-order valence-electron chi connectivity index (χ1n) is 7.15. The van der Waals surface area contributed by atoms with Gasteiger partial charge >= 0.3 is 11.9 Å². The molecule has 0 saturated carbocycles. The van der Waals surface area contributed by atoms with Crippen LogP contribution in [0.5, 0.6) is 0 Å². The van der Waals surface area contributed by atoms with E-state index in [1.165, 1.54) is 36.9 Å². The Labute approximate surface area is 160 Å². The van der Waals surface area contributed by atoms with Gasteiger partial charge in [0.2, 0.25) is 0 Å². The van der Waals surface area contributed by atoms with Gasteiger partial charge in [-0.1, -0.05) is 0 Å². The molecule has 0 fully saturated rings. The molecule has 4 heterocycles. The van der Waals surface area contributed by atoms with Crippen molar-refractivity contribution < 1.29 is 19.1 Å². The van der Waals surface area contributed by atoms with Gasteiger partial charge in [-0.25, -0.2) is 9.59 Å². The van der Waals surface area contributed by atoms with E-state index in [4.69, 9.17) is 0 Å². The summed E-state index contributed by atoms with van der Waals surface area (Å²) < 4.78 is 10.1. The van der Waals surface area contributed by atoms with Gasteiger partial charge < -0.3 is 9.47 Å². The molecule has 0 spiro atoms. The molecule has 4 rings (SSSR count). The molecule has 0 amide bonds. The number of fused-ring (bicyclic) bond motifs is 2. The van der Waals surface area contributed by atoms with Crippen LogP contribution in [0.25, 0.3) is 0 Å². The third-order valence-corrected chi connectivity index (χ3v) is 6.64. The van der Waals surface area contributed by atoms with Gasteiger partial charge in [0, 0.05) is 6.21 Å². The fourth-order valence-electron chi connectivity index (χ4n) is 2.25. The van der Waals surface area contributed by atoms with Gasteiger partial charge in [0.1, 0.15) is 14.4 Å². The maximum atomic E-state index is 11.2. The Hall–Kier alpha value is -1.84. The van der Waals surface area contributed by atoms with Crippen molar-refractivity contribution in [2.45, 2.75) is 13.1 Å². The van der Waals surface area contributed by atoms with Crippen LogP contribution in [0.15, 0.2) is 22.1 Å². The highest BCUT2D eigenvalue weighted by molar-refractivity contribution is 9.18. The number of nitrogens with zero attached hydrogens (tertiary/aromatic N) is 2. The molecule has 25 heavy (non-hydrogen) atoms. The normalized spacial score (nSPS) is 13.5. The van der Waals surface area contributed by atoms with Gasteiger partial charge in [-0.2, -0.15) is 0 Å². The maximum absolute atomic E-state index is 11.2. The molecule has 0 aromatic carbocycles. The van der Waals surface area contributed by atoms with Gasteiger partial charge in [-0.3, -0.25) is 9.98 Å². The van der Waals surface area contributed by atoms with Gasteiger partial charge in [-0.15, -0.1) is 22.7 Å². The highest BCUT2D eigenvalue weighted by Crippen LogP contribution is 2.31. The fourth-order valence-corrected chi connectivity index (χ4v) is 4.85. The molecule has 0 radical (unpaired) electrons. The largest absolute Gasteiger partial charge is 0.465 e. The molecule has 2 aliphatic rings. The summed E-state index contributed by atoms with van der Waals surface area (Å²) in [6.45, 7) is 1.35. The van der Waals surface area contributed by atoms with Crippen molar-refractivity contribution in [1.29, 1.82) is 0 Å². The molecule has 2 aromatic heterocycles. The highest BCUT2D eigenvalue weighted by Gasteiger charge is 2.20. The lowest BCUT2D eigenvalue weighted by molar-refractivity contribution is 0.0597. The van der Waals surface area contributed by atoms with Crippen molar-refractivity contribution in [1.82, 2.24) is 0 Å². The summed E-state index contributed by atoms with van der Waals surface area (Å²) >= 11 is 6.17. The second kappa shape index (κ2) is 7.59. The molecule has 0 unspecified atom stereocenters. The molecule has 6 nitrogen and oxygen atoms in total. The lowest BCUT2D eigenvalue weighted by Crippen LogP contribution is -1.97. The quantitative estimate of drug-likeness (QED) is 0.667. The minimum Gasteiger partial charge on any atom is -0.465 e. The van der Waals surface area contributed by atoms with Gasteiger partial charge in [-0.05, 0) is 39.2 Å². The summed E-state index contributed by atoms with van der Waals surface area (Å²) in [6, 6.07) is 3.68. The number of thiophene rings is 2. The van der Waals surface area contributed by atoms with Gasteiger partial charge in [0.05, 0.1) is 37.1 Å². The average Bonchev–Trinajstić information content (AvgIpc) is 3.35. The lowest BCUT2D eigenvalue weighted by Gasteiger charge is -1.92. The smallest absolute Gasteiger partial charge is 0.348 e. The Bertz CT molecular complexity index is 898. The van der Waals surface area contributed by atoms with Gasteiger partial charge in [0.15, 0.2) is 0 Å². The van der Waals surface area contributed by atoms with Crippen LogP contribution in [-0.2, 0) is 22.6 Å². The molecular formula is C16H13BrN2O4S2. The topological polar surface area (TPSA) is 77.3 Å². The predicted molar refractivity (Wildman–Crippen MR) is 102 cm³/mol. The Morgan fingerprint density at radius 2 is 1.68 bits per heavy atom. The summed E-state index contributed by atoms with van der Waals surface area (Å²) in [5.74, 6) is -0.539. The second-order valence-corrected chi connectivity index (χ2v) is 7.91. The van der Waals surface area contributed by atoms with Crippen molar-refractivity contribution in [3.63, 3.8) is 0 Å². The summed E-state index contributed by atoms with van der Waals surface area (Å²) in [5, 5.41) is 0. The monoisotopic (exact) mass is 440 g/mol. The van der Waals surface area contributed by atoms with E-state index in [2.05, 4.69) is 35.4 Å². The van der Waals surface area contributed by atoms with E-state index in [0.717, 1.165) is 25.5 Å². The first-order valence-corrected chi connectivity index (χ1v) is 9.58. The maximum Gasteiger partial charge on any atom is 0.348 e. The summed E-state index contributed by atoms with van der Waals surface area (Å²) in [5.41, 5.74) is 2.22. The number of carbonyl (C=O) groups is 2. The van der Waals surface area contributed by atoms with Crippen molar-refractivity contribution in [2.24, 2.45) is 9.98 Å². The zero-order chi connectivity index (χ0) is 18.0. The van der Waals surface area contributed by atoms with E-state index in [1.54, 1.807) is 6.21 Å². The predicted octanol–water partition coefficient (Wildman–Crippen LogP) is 3.66. The number of carbonyl (C=O) groups excluding carboxylic acids is 2. The van der Waals surface area contributed by atoms with Crippen LogP contribution in [0.4, 0.5) is 0 Å². The SMILES string of the molecule is COC(=O)c1cc2c(s1)C(Br)=NC2.COC(=O)c1cc2c(s1)C=NC2. The number of rotatable bonds is 2. The lowest BCUT2D eigenvalue weighted by atomic mass is 10.3. The average molecular weight is 441 g/mol. The van der Waals surface area contributed by atoms with Crippen LogP contribution in [-0.4, -0.2) is 37.0 Å². The van der Waals surface area contributed by atoms with E-state index in [0.29, 0.717) is 22.8 Å². The number of halogens is 1. The first-order chi connectivity index (χ1) is 12.0. The molecule has 2 aromatic rings. The Morgan fingerprint density at radius 3 is 2.28 bits per heavy atom. The third kappa shape index (κ3) is 3.73. The van der Waals surface area contributed by atoms with Crippen LogP contribution in [0.2, 0.25) is 0 Å². The summed E-state index contributed by atoms with van der Waals surface area (Å²) in [4.78, 5) is 33.9. The molecule has 0 N–H and O–H groups in total. The summed E-state index contributed by atoms with van der Waals surface area (Å²) in [7, 11) is 2.78. The number of hydrogen-bond acceptors (Lipinski definition) is 8. The van der Waals surface area contributed by atoms with Crippen molar-refractivity contribution in [3.05, 3.63) is 42.8 Å². The minimum atomic E-state index is -0.278. The van der Waals surface area contributed by atoms with E-state index >= 15 is 0 Å².